The topological polar surface area (TPSA) is 48.7 Å². The molecule has 0 radical (unpaired) electrons. The molecule has 1 aromatic heterocycles. The van der Waals surface area contributed by atoms with Gasteiger partial charge in [-0.2, -0.15) is 5.26 Å². The number of hydrogen-bond donors (Lipinski definition) is 1. The molecule has 0 saturated heterocycles. The minimum atomic E-state index is -1.31. The summed E-state index contributed by atoms with van der Waals surface area (Å²) in [7, 11) is 0. The zero-order chi connectivity index (χ0) is 14.0. The van der Waals surface area contributed by atoms with Gasteiger partial charge in [-0.25, -0.2) is 18.2 Å². The van der Waals surface area contributed by atoms with Gasteiger partial charge in [0.1, 0.15) is 17.7 Å². The minimum absolute atomic E-state index is 0.0476. The van der Waals surface area contributed by atoms with Crippen molar-refractivity contribution < 1.29 is 13.2 Å². The molecule has 1 N–H and O–H groups in total. The molecule has 96 valence electrons. The lowest BCUT2D eigenvalue weighted by Crippen LogP contribution is -2.02. The van der Waals surface area contributed by atoms with Crippen LogP contribution in [0.5, 0.6) is 0 Å². The first kappa shape index (κ1) is 12.9. The lowest BCUT2D eigenvalue weighted by Gasteiger charge is -2.09. The number of nitrogens with zero attached hydrogens (tertiary/aromatic N) is 2. The predicted octanol–water partition coefficient (Wildman–Crippen LogP) is 3.42. The number of halogens is 3. The Kier molecular flexibility index (Phi) is 3.38. The Labute approximate surface area is 107 Å². The molecule has 0 bridgehead atoms. The summed E-state index contributed by atoms with van der Waals surface area (Å²) in [6, 6.07) is 6.18. The van der Waals surface area contributed by atoms with Gasteiger partial charge in [0.05, 0.1) is 11.3 Å². The molecular weight excluding hydrogens is 255 g/mol. The fourth-order valence-electron chi connectivity index (χ4n) is 1.52. The zero-order valence-electron chi connectivity index (χ0n) is 9.84. The fourth-order valence-corrected chi connectivity index (χ4v) is 1.52. The highest BCUT2D eigenvalue weighted by Crippen LogP contribution is 2.24. The lowest BCUT2D eigenvalue weighted by atomic mass is 10.2. The second kappa shape index (κ2) is 4.98. The average Bonchev–Trinajstić information content (AvgIpc) is 2.35. The van der Waals surface area contributed by atoms with E-state index in [0.717, 1.165) is 6.07 Å². The van der Waals surface area contributed by atoms with Gasteiger partial charge >= 0.3 is 0 Å². The molecule has 6 heteroatoms. The van der Waals surface area contributed by atoms with Gasteiger partial charge in [0.25, 0.3) is 0 Å². The maximum Gasteiger partial charge on any atom is 0.182 e. The fraction of sp³-hybridized carbons (Fsp3) is 0.0769. The Balaban J connectivity index is 2.47. The van der Waals surface area contributed by atoms with Crippen LogP contribution in [-0.4, -0.2) is 4.98 Å². The smallest absolute Gasteiger partial charge is 0.182 e. The highest BCUT2D eigenvalue weighted by Gasteiger charge is 2.13. The molecule has 0 aliphatic heterocycles. The van der Waals surface area contributed by atoms with Crippen LogP contribution in [0.15, 0.2) is 24.3 Å². The summed E-state index contributed by atoms with van der Waals surface area (Å²) in [5.74, 6) is -3.42. The summed E-state index contributed by atoms with van der Waals surface area (Å²) in [5, 5.41) is 11.3. The Bertz CT molecular complexity index is 678. The number of pyridine rings is 1. The second-order valence-corrected chi connectivity index (χ2v) is 3.83. The number of rotatable bonds is 2. The van der Waals surface area contributed by atoms with E-state index in [-0.39, 0.29) is 11.4 Å². The quantitative estimate of drug-likeness (QED) is 0.844. The zero-order valence-corrected chi connectivity index (χ0v) is 9.84. The van der Waals surface area contributed by atoms with Gasteiger partial charge in [0.15, 0.2) is 11.6 Å². The van der Waals surface area contributed by atoms with Crippen molar-refractivity contribution in [2.45, 2.75) is 6.92 Å². The van der Waals surface area contributed by atoms with E-state index >= 15 is 0 Å². The van der Waals surface area contributed by atoms with E-state index in [1.807, 2.05) is 6.07 Å². The van der Waals surface area contributed by atoms with E-state index in [2.05, 4.69) is 10.3 Å². The SMILES string of the molecule is Cc1ccc(C#N)c(Nc2cc(F)cc(F)c2F)n1. The van der Waals surface area contributed by atoms with Crippen molar-refractivity contribution in [3.8, 4) is 6.07 Å². The van der Waals surface area contributed by atoms with E-state index < -0.39 is 23.1 Å². The summed E-state index contributed by atoms with van der Waals surface area (Å²) in [6.45, 7) is 1.68. The number of benzene rings is 1. The Morgan fingerprint density at radius 3 is 2.63 bits per heavy atom. The maximum absolute atomic E-state index is 13.5. The van der Waals surface area contributed by atoms with Gasteiger partial charge < -0.3 is 5.32 Å². The van der Waals surface area contributed by atoms with Crippen LogP contribution in [0.1, 0.15) is 11.3 Å². The van der Waals surface area contributed by atoms with Gasteiger partial charge in [-0.3, -0.25) is 0 Å². The van der Waals surface area contributed by atoms with E-state index in [0.29, 0.717) is 11.8 Å². The molecule has 2 rings (SSSR count). The molecule has 19 heavy (non-hydrogen) atoms. The number of aryl methyl sites for hydroxylation is 1. The summed E-state index contributed by atoms with van der Waals surface area (Å²) >= 11 is 0. The largest absolute Gasteiger partial charge is 0.337 e. The molecular formula is C13H8F3N3. The van der Waals surface area contributed by atoms with Crippen LogP contribution in [-0.2, 0) is 0 Å². The first-order chi connectivity index (χ1) is 9.01. The van der Waals surface area contributed by atoms with Crippen LogP contribution in [0.3, 0.4) is 0 Å². The number of aromatic nitrogens is 1. The van der Waals surface area contributed by atoms with Crippen molar-refractivity contribution >= 4 is 11.5 Å². The van der Waals surface area contributed by atoms with E-state index in [1.165, 1.54) is 6.07 Å². The molecule has 3 nitrogen and oxygen atoms in total. The minimum Gasteiger partial charge on any atom is -0.337 e. The molecule has 0 aliphatic carbocycles. The standard InChI is InChI=1S/C13H8F3N3/c1-7-2-3-8(6-17)13(18-7)19-11-5-9(14)4-10(15)12(11)16/h2-5H,1H3,(H,18,19). The molecule has 0 saturated carbocycles. The second-order valence-electron chi connectivity index (χ2n) is 3.83. The summed E-state index contributed by atoms with van der Waals surface area (Å²) in [6.07, 6.45) is 0. The molecule has 0 aliphatic rings. The van der Waals surface area contributed by atoms with E-state index in [9.17, 15) is 13.2 Å². The van der Waals surface area contributed by atoms with Gasteiger partial charge in [-0.1, -0.05) is 0 Å². The van der Waals surface area contributed by atoms with Crippen molar-refractivity contribution in [1.82, 2.24) is 4.98 Å². The summed E-state index contributed by atoms with van der Waals surface area (Å²) < 4.78 is 39.6. The number of anilines is 2. The normalized spacial score (nSPS) is 10.1. The molecule has 2 aromatic rings. The maximum atomic E-state index is 13.5. The lowest BCUT2D eigenvalue weighted by molar-refractivity contribution is 0.498. The monoisotopic (exact) mass is 263 g/mol. The number of hydrogen-bond acceptors (Lipinski definition) is 3. The van der Waals surface area contributed by atoms with Crippen LogP contribution in [0.2, 0.25) is 0 Å². The van der Waals surface area contributed by atoms with Crippen LogP contribution in [0.4, 0.5) is 24.7 Å². The van der Waals surface area contributed by atoms with Crippen molar-refractivity contribution in [2.75, 3.05) is 5.32 Å². The first-order valence-corrected chi connectivity index (χ1v) is 5.30. The van der Waals surface area contributed by atoms with Gasteiger partial charge in [0.2, 0.25) is 0 Å². The summed E-state index contributed by atoms with van der Waals surface area (Å²) in [4.78, 5) is 3.99. The highest BCUT2D eigenvalue weighted by molar-refractivity contribution is 5.63. The van der Waals surface area contributed by atoms with Crippen LogP contribution >= 0.6 is 0 Å². The molecule has 0 fully saturated rings. The van der Waals surface area contributed by atoms with Crippen LogP contribution in [0, 0.1) is 35.7 Å². The van der Waals surface area contributed by atoms with E-state index in [4.69, 9.17) is 5.26 Å². The van der Waals surface area contributed by atoms with Crippen molar-refractivity contribution in [2.24, 2.45) is 0 Å². The predicted molar refractivity (Wildman–Crippen MR) is 63.3 cm³/mol. The number of nitrogens with one attached hydrogen (secondary N) is 1. The van der Waals surface area contributed by atoms with Crippen LogP contribution < -0.4 is 5.32 Å². The summed E-state index contributed by atoms with van der Waals surface area (Å²) in [5.41, 5.74) is 0.320. The Hall–Kier alpha value is -2.55. The van der Waals surface area contributed by atoms with Gasteiger partial charge in [0, 0.05) is 17.8 Å². The molecule has 0 amide bonds. The third-order valence-corrected chi connectivity index (χ3v) is 2.40. The van der Waals surface area contributed by atoms with E-state index in [1.54, 1.807) is 13.0 Å². The van der Waals surface area contributed by atoms with Crippen molar-refractivity contribution in [1.29, 1.82) is 5.26 Å². The number of nitriles is 1. The van der Waals surface area contributed by atoms with Crippen molar-refractivity contribution in [3.63, 3.8) is 0 Å². The van der Waals surface area contributed by atoms with Gasteiger partial charge in [-0.05, 0) is 19.1 Å². The van der Waals surface area contributed by atoms with Crippen molar-refractivity contribution in [3.05, 3.63) is 53.0 Å². The van der Waals surface area contributed by atoms with Gasteiger partial charge in [-0.15, -0.1) is 0 Å². The Morgan fingerprint density at radius 2 is 1.95 bits per heavy atom. The molecule has 0 unspecified atom stereocenters. The third-order valence-electron chi connectivity index (χ3n) is 2.40. The molecule has 1 aromatic carbocycles. The molecule has 0 atom stereocenters. The third kappa shape index (κ3) is 2.65. The first-order valence-electron chi connectivity index (χ1n) is 5.30. The molecule has 1 heterocycles. The molecule has 0 spiro atoms. The van der Waals surface area contributed by atoms with Crippen LogP contribution in [0.25, 0.3) is 0 Å². The average molecular weight is 263 g/mol. The highest BCUT2D eigenvalue weighted by atomic mass is 19.2. The Morgan fingerprint density at radius 1 is 1.21 bits per heavy atom.